The number of carbonyl (C=O) groups excluding carboxylic acids is 2. The maximum Gasteiger partial charge on any atom is 0.242 e. The Hall–Kier alpha value is -2.33. The van der Waals surface area contributed by atoms with E-state index < -0.39 is 0 Å². The number of benzene rings is 2. The molecule has 0 aliphatic carbocycles. The van der Waals surface area contributed by atoms with Crippen molar-refractivity contribution in [2.45, 2.75) is 38.8 Å². The van der Waals surface area contributed by atoms with Gasteiger partial charge >= 0.3 is 0 Å². The van der Waals surface area contributed by atoms with Gasteiger partial charge in [0.25, 0.3) is 0 Å². The highest BCUT2D eigenvalue weighted by Gasteiger charge is 2.35. The number of nitrogens with one attached hydrogen (secondary N) is 1. The lowest BCUT2D eigenvalue weighted by Crippen LogP contribution is -2.44. The molecular formula is C21H23ClN2O2. The summed E-state index contributed by atoms with van der Waals surface area (Å²) in [6.07, 6.45) is 1.75. The molecule has 0 aromatic heterocycles. The van der Waals surface area contributed by atoms with Crippen molar-refractivity contribution >= 4 is 23.4 Å². The van der Waals surface area contributed by atoms with Crippen LogP contribution in [0.1, 0.15) is 29.5 Å². The zero-order chi connectivity index (χ0) is 18.5. The van der Waals surface area contributed by atoms with Gasteiger partial charge in [-0.2, -0.15) is 0 Å². The number of aryl methyl sites for hydroxylation is 1. The number of amides is 2. The highest BCUT2D eigenvalue weighted by atomic mass is 35.5. The summed E-state index contributed by atoms with van der Waals surface area (Å²) in [5.41, 5.74) is 3.34. The molecular weight excluding hydrogens is 348 g/mol. The van der Waals surface area contributed by atoms with Crippen molar-refractivity contribution in [2.75, 3.05) is 6.54 Å². The molecule has 2 aromatic carbocycles. The van der Waals surface area contributed by atoms with Gasteiger partial charge in [0.15, 0.2) is 0 Å². The topological polar surface area (TPSA) is 49.4 Å². The Morgan fingerprint density at radius 3 is 2.46 bits per heavy atom. The third-order valence-electron chi connectivity index (χ3n) is 4.73. The van der Waals surface area contributed by atoms with Gasteiger partial charge in [0.05, 0.1) is 0 Å². The zero-order valence-electron chi connectivity index (χ0n) is 14.9. The fraction of sp³-hybridized carbons (Fsp3) is 0.333. The van der Waals surface area contributed by atoms with E-state index >= 15 is 0 Å². The molecule has 1 aliphatic rings. The fourth-order valence-corrected chi connectivity index (χ4v) is 3.32. The van der Waals surface area contributed by atoms with Gasteiger partial charge in [-0.05, 0) is 43.0 Å². The first-order valence-electron chi connectivity index (χ1n) is 8.90. The second kappa shape index (κ2) is 8.37. The Labute approximate surface area is 159 Å². The van der Waals surface area contributed by atoms with Crippen LogP contribution in [0.3, 0.4) is 0 Å². The molecule has 3 rings (SSSR count). The van der Waals surface area contributed by atoms with Crippen LogP contribution in [0.2, 0.25) is 5.02 Å². The third kappa shape index (κ3) is 4.64. The first-order chi connectivity index (χ1) is 12.5. The normalized spacial score (nSPS) is 16.8. The molecule has 4 nitrogen and oxygen atoms in total. The lowest BCUT2D eigenvalue weighted by Gasteiger charge is -2.24. The van der Waals surface area contributed by atoms with Crippen molar-refractivity contribution in [1.82, 2.24) is 10.2 Å². The quantitative estimate of drug-likeness (QED) is 0.846. The Morgan fingerprint density at radius 2 is 1.77 bits per heavy atom. The summed E-state index contributed by atoms with van der Waals surface area (Å²) < 4.78 is 0. The molecule has 0 saturated carbocycles. The number of nitrogens with zero attached hydrogens (tertiary/aromatic N) is 1. The van der Waals surface area contributed by atoms with Gasteiger partial charge < -0.3 is 10.2 Å². The van der Waals surface area contributed by atoms with Crippen LogP contribution in [0.4, 0.5) is 0 Å². The van der Waals surface area contributed by atoms with Crippen molar-refractivity contribution in [3.8, 4) is 0 Å². The SMILES string of the molecule is Cc1ccc(CN2C(=O)CC[C@@H]2C(=O)NCCc2ccc(Cl)cc2)cc1. The van der Waals surface area contributed by atoms with E-state index in [9.17, 15) is 9.59 Å². The third-order valence-corrected chi connectivity index (χ3v) is 4.98. The molecule has 1 atom stereocenters. The molecule has 1 fully saturated rings. The number of hydrogen-bond acceptors (Lipinski definition) is 2. The summed E-state index contributed by atoms with van der Waals surface area (Å²) in [6.45, 7) is 3.06. The molecule has 5 heteroatoms. The van der Waals surface area contributed by atoms with Gasteiger partial charge in [0, 0.05) is 24.5 Å². The maximum absolute atomic E-state index is 12.6. The summed E-state index contributed by atoms with van der Waals surface area (Å²) in [7, 11) is 0. The van der Waals surface area contributed by atoms with Gasteiger partial charge in [0.1, 0.15) is 6.04 Å². The number of carbonyl (C=O) groups is 2. The standard InChI is InChI=1S/C21H23ClN2O2/c1-15-2-4-17(5-3-15)14-24-19(10-11-20(24)25)21(26)23-13-12-16-6-8-18(22)9-7-16/h2-9,19H,10-14H2,1H3,(H,23,26)/t19-/m1/s1. The minimum atomic E-state index is -0.381. The van der Waals surface area contributed by atoms with Gasteiger partial charge in [-0.25, -0.2) is 0 Å². The van der Waals surface area contributed by atoms with E-state index in [0.29, 0.717) is 31.0 Å². The number of halogens is 1. The van der Waals surface area contributed by atoms with Crippen molar-refractivity contribution < 1.29 is 9.59 Å². The number of likely N-dealkylation sites (tertiary alicyclic amines) is 1. The molecule has 26 heavy (non-hydrogen) atoms. The molecule has 2 aromatic rings. The van der Waals surface area contributed by atoms with Gasteiger partial charge in [-0.15, -0.1) is 0 Å². The molecule has 0 spiro atoms. The summed E-state index contributed by atoms with van der Waals surface area (Å²) in [6, 6.07) is 15.3. The van der Waals surface area contributed by atoms with E-state index in [0.717, 1.165) is 17.5 Å². The Morgan fingerprint density at radius 1 is 1.12 bits per heavy atom. The second-order valence-corrected chi connectivity index (χ2v) is 7.17. The summed E-state index contributed by atoms with van der Waals surface area (Å²) in [5, 5.41) is 3.67. The van der Waals surface area contributed by atoms with Crippen LogP contribution in [-0.2, 0) is 22.6 Å². The molecule has 0 unspecified atom stereocenters. The molecule has 0 radical (unpaired) electrons. The van der Waals surface area contributed by atoms with Crippen molar-refractivity contribution in [1.29, 1.82) is 0 Å². The van der Waals surface area contributed by atoms with E-state index in [1.165, 1.54) is 5.56 Å². The molecule has 1 aliphatic heterocycles. The molecule has 1 heterocycles. The van der Waals surface area contributed by atoms with Crippen LogP contribution in [0, 0.1) is 6.92 Å². The van der Waals surface area contributed by atoms with E-state index in [4.69, 9.17) is 11.6 Å². The molecule has 2 amide bonds. The second-order valence-electron chi connectivity index (χ2n) is 6.73. The van der Waals surface area contributed by atoms with Gasteiger partial charge in [-0.3, -0.25) is 9.59 Å². The Bertz CT molecular complexity index is 772. The zero-order valence-corrected chi connectivity index (χ0v) is 15.6. The van der Waals surface area contributed by atoms with Crippen LogP contribution in [-0.4, -0.2) is 29.3 Å². The Kier molecular flexibility index (Phi) is 5.94. The van der Waals surface area contributed by atoms with E-state index in [-0.39, 0.29) is 17.9 Å². The lowest BCUT2D eigenvalue weighted by molar-refractivity contribution is -0.135. The highest BCUT2D eigenvalue weighted by molar-refractivity contribution is 6.30. The van der Waals surface area contributed by atoms with Crippen molar-refractivity contribution in [3.63, 3.8) is 0 Å². The summed E-state index contributed by atoms with van der Waals surface area (Å²) in [5.74, 6) is -0.0275. The summed E-state index contributed by atoms with van der Waals surface area (Å²) >= 11 is 5.88. The van der Waals surface area contributed by atoms with E-state index in [1.54, 1.807) is 4.90 Å². The van der Waals surface area contributed by atoms with Crippen LogP contribution >= 0.6 is 11.6 Å². The van der Waals surface area contributed by atoms with Crippen LogP contribution in [0.25, 0.3) is 0 Å². The van der Waals surface area contributed by atoms with E-state index in [1.807, 2.05) is 55.5 Å². The van der Waals surface area contributed by atoms with E-state index in [2.05, 4.69) is 5.32 Å². The largest absolute Gasteiger partial charge is 0.354 e. The minimum absolute atomic E-state index is 0.0448. The highest BCUT2D eigenvalue weighted by Crippen LogP contribution is 2.22. The average molecular weight is 371 g/mol. The van der Waals surface area contributed by atoms with Crippen molar-refractivity contribution in [3.05, 3.63) is 70.2 Å². The van der Waals surface area contributed by atoms with Crippen molar-refractivity contribution in [2.24, 2.45) is 0 Å². The smallest absolute Gasteiger partial charge is 0.242 e. The van der Waals surface area contributed by atoms with Crippen LogP contribution in [0.5, 0.6) is 0 Å². The predicted molar refractivity (Wildman–Crippen MR) is 103 cm³/mol. The average Bonchev–Trinajstić information content (AvgIpc) is 2.99. The van der Waals surface area contributed by atoms with Crippen LogP contribution < -0.4 is 5.32 Å². The number of hydrogen-bond donors (Lipinski definition) is 1. The van der Waals surface area contributed by atoms with Crippen LogP contribution in [0.15, 0.2) is 48.5 Å². The predicted octanol–water partition coefficient (Wildman–Crippen LogP) is 3.50. The molecule has 136 valence electrons. The van der Waals surface area contributed by atoms with Gasteiger partial charge in [0.2, 0.25) is 11.8 Å². The molecule has 1 saturated heterocycles. The Balaban J connectivity index is 1.55. The monoisotopic (exact) mass is 370 g/mol. The number of rotatable bonds is 6. The van der Waals surface area contributed by atoms with Gasteiger partial charge in [-0.1, -0.05) is 53.6 Å². The first kappa shape index (κ1) is 18.5. The lowest BCUT2D eigenvalue weighted by atomic mass is 10.1. The summed E-state index contributed by atoms with van der Waals surface area (Å²) in [4.78, 5) is 26.5. The maximum atomic E-state index is 12.6. The minimum Gasteiger partial charge on any atom is -0.354 e. The first-order valence-corrected chi connectivity index (χ1v) is 9.28. The molecule has 1 N–H and O–H groups in total. The molecule has 0 bridgehead atoms. The fourth-order valence-electron chi connectivity index (χ4n) is 3.19.